The molecule has 3 nitrogen and oxygen atoms in total. The molecule has 0 saturated heterocycles. The molecule has 0 amide bonds. The van der Waals surface area contributed by atoms with Gasteiger partial charge >= 0.3 is 0 Å². The van der Waals surface area contributed by atoms with Gasteiger partial charge in [0.05, 0.1) is 28.7 Å². The van der Waals surface area contributed by atoms with Crippen LogP contribution >= 0.6 is 39.1 Å². The van der Waals surface area contributed by atoms with Crippen molar-refractivity contribution in [1.82, 2.24) is 4.98 Å². The summed E-state index contributed by atoms with van der Waals surface area (Å²) in [6, 6.07) is 12.5. The molecule has 1 aromatic heterocycles. The number of pyridine rings is 1. The molecule has 0 N–H and O–H groups in total. The first-order chi connectivity index (χ1) is 11.5. The Balaban J connectivity index is 2.29. The van der Waals surface area contributed by atoms with Gasteiger partial charge in [-0.05, 0) is 30.3 Å². The molecule has 0 unspecified atom stereocenters. The summed E-state index contributed by atoms with van der Waals surface area (Å²) in [5.41, 5.74) is 2.76. The predicted molar refractivity (Wildman–Crippen MR) is 102 cm³/mol. The zero-order chi connectivity index (χ0) is 17.3. The lowest BCUT2D eigenvalue weighted by molar-refractivity contribution is 0.102. The van der Waals surface area contributed by atoms with Crippen molar-refractivity contribution >= 4 is 55.8 Å². The Labute approximate surface area is 157 Å². The third-order valence-electron chi connectivity index (χ3n) is 3.64. The van der Waals surface area contributed by atoms with Crippen molar-refractivity contribution in [3.63, 3.8) is 0 Å². The van der Waals surface area contributed by atoms with Gasteiger partial charge in [0.25, 0.3) is 0 Å². The Morgan fingerprint density at radius 1 is 1.17 bits per heavy atom. The monoisotopic (exact) mass is 423 g/mol. The van der Waals surface area contributed by atoms with Crippen molar-refractivity contribution < 1.29 is 9.53 Å². The second-order valence-electron chi connectivity index (χ2n) is 5.12. The second-order valence-corrected chi connectivity index (χ2v) is 6.53. The van der Waals surface area contributed by atoms with Crippen LogP contribution in [-0.2, 0) is 0 Å². The number of aromatic nitrogens is 1. The Bertz CT molecular complexity index is 926. The molecule has 3 rings (SSSR count). The fourth-order valence-corrected chi connectivity index (χ4v) is 3.12. The summed E-state index contributed by atoms with van der Waals surface area (Å²) < 4.78 is 5.25. The minimum Gasteiger partial charge on any atom is -0.495 e. The quantitative estimate of drug-likeness (QED) is 0.392. The molecule has 0 spiro atoms. The van der Waals surface area contributed by atoms with Gasteiger partial charge in [0.15, 0.2) is 5.78 Å². The number of alkyl halides is 1. The maximum atomic E-state index is 12.4. The van der Waals surface area contributed by atoms with E-state index in [0.717, 1.165) is 5.56 Å². The number of hydrogen-bond acceptors (Lipinski definition) is 3. The molecule has 2 aromatic carbocycles. The standard InChI is InChI=1S/C18H12BrCl2NO2/c1-24-18-7-12-13(17(23)9-19)6-15(22-16(12)8-14(18)21)10-2-4-11(20)5-3-10/h2-8H,9H2,1H3. The molecule has 0 bridgehead atoms. The van der Waals surface area contributed by atoms with E-state index in [2.05, 4.69) is 20.9 Å². The van der Waals surface area contributed by atoms with E-state index in [9.17, 15) is 4.79 Å². The zero-order valence-corrected chi connectivity index (χ0v) is 15.7. The SMILES string of the molecule is COc1cc2c(C(=O)CBr)cc(-c3ccc(Cl)cc3)nc2cc1Cl. The van der Waals surface area contributed by atoms with Crippen LogP contribution in [0.1, 0.15) is 10.4 Å². The normalized spacial score (nSPS) is 10.8. The molecule has 0 aliphatic carbocycles. The first-order valence-corrected chi connectivity index (χ1v) is 8.94. The lowest BCUT2D eigenvalue weighted by Gasteiger charge is -2.11. The molecule has 24 heavy (non-hydrogen) atoms. The van der Waals surface area contributed by atoms with E-state index in [4.69, 9.17) is 27.9 Å². The van der Waals surface area contributed by atoms with E-state index in [1.165, 1.54) is 7.11 Å². The predicted octanol–water partition coefficient (Wildman–Crippen LogP) is 5.79. The molecular formula is C18H12BrCl2NO2. The van der Waals surface area contributed by atoms with Crippen LogP contribution in [-0.4, -0.2) is 23.2 Å². The van der Waals surface area contributed by atoms with Gasteiger partial charge in [0.1, 0.15) is 5.75 Å². The van der Waals surface area contributed by atoms with Crippen LogP contribution < -0.4 is 4.74 Å². The number of ether oxygens (including phenoxy) is 1. The molecule has 0 radical (unpaired) electrons. The first-order valence-electron chi connectivity index (χ1n) is 7.07. The number of rotatable bonds is 4. The first kappa shape index (κ1) is 17.2. The van der Waals surface area contributed by atoms with Gasteiger partial charge < -0.3 is 4.74 Å². The summed E-state index contributed by atoms with van der Waals surface area (Å²) in [6.07, 6.45) is 0. The fourth-order valence-electron chi connectivity index (χ4n) is 2.46. The Kier molecular flexibility index (Phi) is 5.09. The van der Waals surface area contributed by atoms with E-state index in [-0.39, 0.29) is 11.1 Å². The van der Waals surface area contributed by atoms with E-state index in [0.29, 0.717) is 38.0 Å². The number of carbonyl (C=O) groups excluding carboxylic acids is 1. The van der Waals surface area contributed by atoms with Crippen LogP contribution in [0.2, 0.25) is 10.0 Å². The fraction of sp³-hybridized carbons (Fsp3) is 0.111. The third kappa shape index (κ3) is 3.27. The summed E-state index contributed by atoms with van der Waals surface area (Å²) in [7, 11) is 1.54. The number of ketones is 1. The number of hydrogen-bond donors (Lipinski definition) is 0. The molecule has 0 atom stereocenters. The second kappa shape index (κ2) is 7.09. The zero-order valence-electron chi connectivity index (χ0n) is 12.6. The Morgan fingerprint density at radius 2 is 1.88 bits per heavy atom. The topological polar surface area (TPSA) is 39.2 Å². The van der Waals surface area contributed by atoms with E-state index in [1.54, 1.807) is 30.3 Å². The summed E-state index contributed by atoms with van der Waals surface area (Å²) in [5.74, 6) is 0.468. The largest absolute Gasteiger partial charge is 0.495 e. The van der Waals surface area contributed by atoms with Gasteiger partial charge in [-0.15, -0.1) is 0 Å². The number of benzene rings is 2. The Hall–Kier alpha value is -1.62. The Morgan fingerprint density at radius 3 is 2.50 bits per heavy atom. The van der Waals surface area contributed by atoms with Gasteiger partial charge in [-0.3, -0.25) is 4.79 Å². The van der Waals surface area contributed by atoms with Crippen LogP contribution in [0.5, 0.6) is 5.75 Å². The summed E-state index contributed by atoms with van der Waals surface area (Å²) in [6.45, 7) is 0. The highest BCUT2D eigenvalue weighted by Crippen LogP contribution is 2.33. The lowest BCUT2D eigenvalue weighted by atomic mass is 10.0. The average molecular weight is 425 g/mol. The van der Waals surface area contributed by atoms with E-state index >= 15 is 0 Å². The molecule has 6 heteroatoms. The summed E-state index contributed by atoms with van der Waals surface area (Å²) in [4.78, 5) is 17.0. The molecule has 0 aliphatic heterocycles. The van der Waals surface area contributed by atoms with Crippen molar-refractivity contribution in [3.8, 4) is 17.0 Å². The van der Waals surface area contributed by atoms with E-state index < -0.39 is 0 Å². The molecule has 1 heterocycles. The van der Waals surface area contributed by atoms with Crippen molar-refractivity contribution in [1.29, 1.82) is 0 Å². The van der Waals surface area contributed by atoms with Crippen molar-refractivity contribution in [2.45, 2.75) is 0 Å². The molecular weight excluding hydrogens is 413 g/mol. The van der Waals surface area contributed by atoms with Crippen LogP contribution in [0.15, 0.2) is 42.5 Å². The van der Waals surface area contributed by atoms with Gasteiger partial charge in [-0.25, -0.2) is 4.98 Å². The third-order valence-corrected chi connectivity index (χ3v) is 4.70. The highest BCUT2D eigenvalue weighted by molar-refractivity contribution is 9.09. The summed E-state index contributed by atoms with van der Waals surface area (Å²) >= 11 is 15.4. The van der Waals surface area contributed by atoms with Crippen LogP contribution in [0.3, 0.4) is 0 Å². The van der Waals surface area contributed by atoms with E-state index in [1.807, 2.05) is 12.1 Å². The van der Waals surface area contributed by atoms with Crippen LogP contribution in [0.4, 0.5) is 0 Å². The molecule has 0 saturated carbocycles. The minimum atomic E-state index is -0.0398. The molecule has 0 aliphatic rings. The maximum absolute atomic E-state index is 12.4. The number of carbonyl (C=O) groups is 1. The number of halogens is 3. The lowest BCUT2D eigenvalue weighted by Crippen LogP contribution is -2.03. The van der Waals surface area contributed by atoms with Gasteiger partial charge in [-0.2, -0.15) is 0 Å². The smallest absolute Gasteiger partial charge is 0.174 e. The molecule has 0 fully saturated rings. The van der Waals surface area contributed by atoms with Crippen LogP contribution in [0, 0.1) is 0 Å². The molecule has 122 valence electrons. The maximum Gasteiger partial charge on any atom is 0.174 e. The van der Waals surface area contributed by atoms with Crippen molar-refractivity contribution in [2.24, 2.45) is 0 Å². The number of methoxy groups -OCH3 is 1. The van der Waals surface area contributed by atoms with Crippen LogP contribution in [0.25, 0.3) is 22.2 Å². The van der Waals surface area contributed by atoms with Gasteiger partial charge in [-0.1, -0.05) is 51.3 Å². The van der Waals surface area contributed by atoms with Crippen molar-refractivity contribution in [2.75, 3.05) is 12.4 Å². The number of nitrogens with zero attached hydrogens (tertiary/aromatic N) is 1. The van der Waals surface area contributed by atoms with Gasteiger partial charge in [0, 0.05) is 21.5 Å². The molecule has 3 aromatic rings. The highest BCUT2D eigenvalue weighted by Gasteiger charge is 2.15. The minimum absolute atomic E-state index is 0.0398. The average Bonchev–Trinajstić information content (AvgIpc) is 2.60. The highest BCUT2D eigenvalue weighted by atomic mass is 79.9. The van der Waals surface area contributed by atoms with Crippen molar-refractivity contribution in [3.05, 3.63) is 58.1 Å². The number of Topliss-reactive ketones (excluding diaryl/α,β-unsaturated/α-hetero) is 1. The summed E-state index contributed by atoms with van der Waals surface area (Å²) in [5, 5.41) is 2.02. The van der Waals surface area contributed by atoms with Gasteiger partial charge in [0.2, 0.25) is 0 Å². The number of fused-ring (bicyclic) bond motifs is 1.